The molecular weight excluding hydrogens is 1130 g/mol. The first kappa shape index (κ1) is 107. The van der Waals surface area contributed by atoms with Crippen molar-refractivity contribution >= 4 is 6.21 Å². The Labute approximate surface area is 585 Å². The molecule has 13 nitrogen and oxygen atoms in total. The highest BCUT2D eigenvalue weighted by Crippen LogP contribution is 2.31. The largest absolute Gasteiger partial charge is 0.379 e. The fourth-order valence-electron chi connectivity index (χ4n) is 10.5. The van der Waals surface area contributed by atoms with E-state index in [0.29, 0.717) is 5.54 Å². The van der Waals surface area contributed by atoms with Crippen LogP contribution in [-0.2, 0) is 4.74 Å². The Morgan fingerprint density at radius 1 is 0.283 bits per heavy atom. The summed E-state index contributed by atoms with van der Waals surface area (Å²) in [5.74, 6) is 0. The molecule has 10 heterocycles. The topological polar surface area (TPSA) is 57.2 Å². The lowest BCUT2D eigenvalue weighted by Crippen LogP contribution is -2.44. The summed E-state index contributed by atoms with van der Waals surface area (Å²) in [6.45, 7) is 96.8. The molecule has 92 heavy (non-hydrogen) atoms. The molecular formula is C79H182N12O. The van der Waals surface area contributed by atoms with Crippen LogP contribution in [0.2, 0.25) is 0 Å². The highest BCUT2D eigenvalue weighted by atomic mass is 16.5. The lowest BCUT2D eigenvalue weighted by atomic mass is 10.1. The summed E-state index contributed by atoms with van der Waals surface area (Å²) in [6.07, 6.45) is 24.8. The minimum absolute atomic E-state index is 0.343. The van der Waals surface area contributed by atoms with Gasteiger partial charge in [-0.15, -0.1) is 0 Å². The molecule has 8 saturated heterocycles. The molecule has 0 aromatic rings. The van der Waals surface area contributed by atoms with Crippen LogP contribution in [0.25, 0.3) is 0 Å². The summed E-state index contributed by atoms with van der Waals surface area (Å²) in [6, 6.07) is 0. The summed E-state index contributed by atoms with van der Waals surface area (Å²) in [4.78, 5) is 31.3. The Kier molecular flexibility index (Phi) is 105. The van der Waals surface area contributed by atoms with Gasteiger partial charge in [-0.2, -0.15) is 0 Å². The van der Waals surface area contributed by atoms with Crippen LogP contribution in [-0.4, -0.2) is 296 Å². The minimum Gasteiger partial charge on any atom is -0.379 e. The lowest BCUT2D eigenvalue weighted by Gasteiger charge is -2.31. The zero-order valence-corrected chi connectivity index (χ0v) is 69.5. The van der Waals surface area contributed by atoms with Gasteiger partial charge in [-0.05, 0) is 203 Å². The third kappa shape index (κ3) is 68.9. The van der Waals surface area contributed by atoms with Crippen LogP contribution in [0.3, 0.4) is 0 Å². The number of rotatable bonds is 9. The van der Waals surface area contributed by atoms with E-state index in [1.807, 2.05) is 125 Å². The second kappa shape index (κ2) is 89.9. The van der Waals surface area contributed by atoms with Gasteiger partial charge < -0.3 is 48.8 Å². The molecule has 10 aliphatic rings. The molecule has 8 fully saturated rings. The maximum absolute atomic E-state index is 5.16. The van der Waals surface area contributed by atoms with Gasteiger partial charge in [-0.3, -0.25) is 14.8 Å². The number of aliphatic imine (C=N–C) groups is 1. The van der Waals surface area contributed by atoms with E-state index in [9.17, 15) is 0 Å². The van der Waals surface area contributed by atoms with Gasteiger partial charge in [0.05, 0.1) is 13.2 Å². The summed E-state index contributed by atoms with van der Waals surface area (Å²) < 4.78 is 5.16. The van der Waals surface area contributed by atoms with E-state index in [-0.39, 0.29) is 0 Å². The molecule has 0 saturated carbocycles. The molecule has 1 unspecified atom stereocenters. The minimum atomic E-state index is 0.343. The quantitative estimate of drug-likeness (QED) is 0.207. The van der Waals surface area contributed by atoms with E-state index in [4.69, 9.17) is 4.74 Å². The summed E-state index contributed by atoms with van der Waals surface area (Å²) in [7, 11) is 4.39. The maximum Gasteiger partial charge on any atom is 0.109 e. The first-order chi connectivity index (χ1) is 45.1. The molecule has 10 aliphatic heterocycles. The molecule has 0 amide bonds. The molecule has 564 valence electrons. The predicted octanol–water partition coefficient (Wildman–Crippen LogP) is 17.5. The third-order valence-electron chi connectivity index (χ3n) is 16.8. The third-order valence-corrected chi connectivity index (χ3v) is 16.8. The summed E-state index contributed by atoms with van der Waals surface area (Å²) in [5.41, 5.74) is 0.343. The van der Waals surface area contributed by atoms with Crippen LogP contribution in [0.1, 0.15) is 270 Å². The first-order valence-electron chi connectivity index (χ1n) is 40.8. The van der Waals surface area contributed by atoms with Crippen LogP contribution in [0.5, 0.6) is 0 Å². The van der Waals surface area contributed by atoms with Gasteiger partial charge in [0.15, 0.2) is 0 Å². The van der Waals surface area contributed by atoms with E-state index >= 15 is 0 Å². The monoisotopic (exact) mass is 1320 g/mol. The zero-order valence-electron chi connectivity index (χ0n) is 69.5. The van der Waals surface area contributed by atoms with Gasteiger partial charge in [0.25, 0.3) is 0 Å². The lowest BCUT2D eigenvalue weighted by molar-refractivity contribution is 0.0405. The van der Waals surface area contributed by atoms with Crippen molar-refractivity contribution in [3.63, 3.8) is 0 Å². The van der Waals surface area contributed by atoms with Gasteiger partial charge >= 0.3 is 0 Å². The molecule has 0 N–H and O–H groups in total. The van der Waals surface area contributed by atoms with Crippen molar-refractivity contribution in [1.82, 2.24) is 53.9 Å². The Hall–Kier alpha value is -1.07. The molecule has 1 atom stereocenters. The number of likely N-dealkylation sites (tertiary alicyclic amines) is 5. The second-order valence-corrected chi connectivity index (χ2v) is 22.3. The molecule has 10 rings (SSSR count). The fraction of sp³-hybridized carbons (Fsp3) is 0.962. The van der Waals surface area contributed by atoms with Crippen LogP contribution in [0.15, 0.2) is 17.1 Å². The number of likely N-dealkylation sites (N-methyl/N-ethyl adjacent to an activating group) is 7. The normalized spacial score (nSPS) is 21.3. The molecule has 0 aromatic heterocycles. The molecule has 0 bridgehead atoms. The predicted molar refractivity (Wildman–Crippen MR) is 427 cm³/mol. The molecule has 1 spiro atoms. The van der Waals surface area contributed by atoms with E-state index < -0.39 is 0 Å². The second-order valence-electron chi connectivity index (χ2n) is 22.3. The van der Waals surface area contributed by atoms with E-state index in [0.717, 1.165) is 32.8 Å². The molecule has 0 radical (unpaired) electrons. The highest BCUT2D eigenvalue weighted by molar-refractivity contribution is 5.85. The Balaban J connectivity index is -0.000000140. The van der Waals surface area contributed by atoms with Crippen molar-refractivity contribution in [2.75, 3.05) is 230 Å². The van der Waals surface area contributed by atoms with E-state index in [1.54, 1.807) is 0 Å². The smallest absolute Gasteiger partial charge is 0.109 e. The zero-order chi connectivity index (χ0) is 71.9. The summed E-state index contributed by atoms with van der Waals surface area (Å²) in [5, 5.41) is 0. The van der Waals surface area contributed by atoms with Gasteiger partial charge in [-0.1, -0.05) is 218 Å². The standard InChI is InChI=1S/C8H18N2.C8H17N.C7H12N2.C7H16N2.C7H15N.C7H13N.C6H13NO.C6H13N.C5H11N.9C2H6/c1-3-10-6-4-5-9(2)7-8-10;1-2-9-7-5-3-4-6-8-9;1-2-9-4-3-7(6-9)5-8-7;1-3-9-6-4-8(2)5-7-9;2*1-2-8-6-4-3-5-7-8;1-2-7-3-5-8-6-4-7;1-2-7-5-3-4-6-7;1-2-6-4-3-5-6;9*1-2/h3-8H2,1-2H3;2-8H2,1H3;5H,2-4,6H2,1H3;3-7H2,1-2H3;2-7H2,1H3;3-4H,2,5-7H2,1H3;2-6H2,1H3;2-6H2,1H3;2-5H2,1H3;9*1-2H3. The molecule has 0 aromatic carbocycles. The van der Waals surface area contributed by atoms with Crippen LogP contribution in [0.4, 0.5) is 0 Å². The number of morpholine rings is 1. The molecule has 0 aliphatic carbocycles. The van der Waals surface area contributed by atoms with Crippen molar-refractivity contribution in [3.8, 4) is 0 Å². The Bertz CT molecular complexity index is 1240. The van der Waals surface area contributed by atoms with Crippen LogP contribution in [0, 0.1) is 0 Å². The maximum atomic E-state index is 5.16. The number of ether oxygens (including phenoxy) is 1. The Morgan fingerprint density at radius 3 is 0.815 bits per heavy atom. The van der Waals surface area contributed by atoms with Gasteiger partial charge in [0.2, 0.25) is 0 Å². The van der Waals surface area contributed by atoms with Crippen molar-refractivity contribution in [2.24, 2.45) is 4.99 Å². The van der Waals surface area contributed by atoms with E-state index in [1.165, 1.54) is 267 Å². The van der Waals surface area contributed by atoms with E-state index in [2.05, 4.69) is 154 Å². The number of hydrogen-bond donors (Lipinski definition) is 0. The molecule has 13 heteroatoms. The van der Waals surface area contributed by atoms with Crippen molar-refractivity contribution in [2.45, 2.75) is 276 Å². The average Bonchev–Trinajstić information content (AvgIpc) is 1.85. The van der Waals surface area contributed by atoms with Gasteiger partial charge in [-0.25, -0.2) is 0 Å². The fourth-order valence-corrected chi connectivity index (χ4v) is 10.5. The Morgan fingerprint density at radius 2 is 0.554 bits per heavy atom. The number of hydrogen-bond acceptors (Lipinski definition) is 13. The first-order valence-corrected chi connectivity index (χ1v) is 40.8. The SMILES string of the molecule is CC.CC.CC.CC.CC.CC.CC.CC.CC.CCN1CC=CCC1.CCN1CCC1.CCN1CCC2(C=N2)C1.CCN1CCCC1.CCN1CCCCC1.CCN1CCCCCC1.CCN1CCCN(C)CC1.CCN1CCN(C)CC1.CCN1CCOCC1. The van der Waals surface area contributed by atoms with Crippen molar-refractivity contribution in [3.05, 3.63) is 12.2 Å². The van der Waals surface area contributed by atoms with Crippen LogP contribution < -0.4 is 0 Å². The van der Waals surface area contributed by atoms with Crippen molar-refractivity contribution < 1.29 is 4.74 Å². The number of piperazine rings is 1. The van der Waals surface area contributed by atoms with Crippen molar-refractivity contribution in [1.29, 1.82) is 0 Å². The van der Waals surface area contributed by atoms with Gasteiger partial charge in [0.1, 0.15) is 5.54 Å². The van der Waals surface area contributed by atoms with Crippen LogP contribution >= 0.6 is 0 Å². The number of piperidine rings is 1. The summed E-state index contributed by atoms with van der Waals surface area (Å²) >= 11 is 0. The highest BCUT2D eigenvalue weighted by Gasteiger charge is 2.42. The average molecular weight is 1320 g/mol. The van der Waals surface area contributed by atoms with Gasteiger partial charge in [0, 0.05) is 84.8 Å². The number of nitrogens with zero attached hydrogens (tertiary/aromatic N) is 12.